The van der Waals surface area contributed by atoms with E-state index in [4.69, 9.17) is 4.74 Å². The van der Waals surface area contributed by atoms with Crippen molar-refractivity contribution in [3.63, 3.8) is 0 Å². The molecule has 0 spiro atoms. The molecule has 3 unspecified atom stereocenters. The molecule has 1 aliphatic carbocycles. The minimum absolute atomic E-state index is 0.905. The van der Waals surface area contributed by atoms with Gasteiger partial charge in [0.2, 0.25) is 0 Å². The molecule has 1 nitrogen and oxygen atoms in total. The van der Waals surface area contributed by atoms with Crippen LogP contribution in [0.5, 0.6) is 0 Å². The summed E-state index contributed by atoms with van der Waals surface area (Å²) in [6.45, 7) is 2.05. The van der Waals surface area contributed by atoms with Crippen LogP contribution in [0.25, 0.3) is 0 Å². The first-order valence-corrected chi connectivity index (χ1v) is 5.17. The second-order valence-corrected chi connectivity index (χ2v) is 4.09. The van der Waals surface area contributed by atoms with Gasteiger partial charge >= 0.3 is 0 Å². The van der Waals surface area contributed by atoms with E-state index in [9.17, 15) is 0 Å². The summed E-state index contributed by atoms with van der Waals surface area (Å²) in [4.78, 5) is 0. The first-order chi connectivity index (χ1) is 4.92. The average Bonchev–Trinajstić information content (AvgIpc) is 2.56. The Morgan fingerprint density at radius 2 is 2.40 bits per heavy atom. The largest absolute Gasteiger partial charge is 0.381 e. The van der Waals surface area contributed by atoms with Gasteiger partial charge in [-0.2, -0.15) is 0 Å². The van der Waals surface area contributed by atoms with E-state index in [0.29, 0.717) is 0 Å². The lowest BCUT2D eigenvalue weighted by molar-refractivity contribution is 0.181. The van der Waals surface area contributed by atoms with Crippen LogP contribution in [0.4, 0.5) is 0 Å². The van der Waals surface area contributed by atoms with E-state index in [0.717, 1.165) is 31.0 Å². The Hall–Kier alpha value is 0.440. The molecule has 1 heterocycles. The molecule has 2 aliphatic rings. The average molecular weight is 205 g/mol. The van der Waals surface area contributed by atoms with Crippen molar-refractivity contribution in [3.8, 4) is 0 Å². The molecule has 0 aromatic carbocycles. The van der Waals surface area contributed by atoms with Crippen molar-refractivity contribution in [1.29, 1.82) is 0 Å². The van der Waals surface area contributed by atoms with Crippen LogP contribution in [0.1, 0.15) is 12.8 Å². The molecule has 0 aromatic heterocycles. The number of ether oxygens (including phenoxy) is 1. The highest BCUT2D eigenvalue weighted by Crippen LogP contribution is 2.47. The molecule has 0 bridgehead atoms. The van der Waals surface area contributed by atoms with Gasteiger partial charge in [-0.05, 0) is 30.6 Å². The third kappa shape index (κ3) is 1.24. The van der Waals surface area contributed by atoms with Crippen molar-refractivity contribution in [3.05, 3.63) is 0 Å². The van der Waals surface area contributed by atoms with Gasteiger partial charge in [0, 0.05) is 18.5 Å². The molecule has 0 radical (unpaired) electrons. The fraction of sp³-hybridized carbons (Fsp3) is 1.00. The molecule has 58 valence electrons. The number of hydrogen-bond donors (Lipinski definition) is 0. The van der Waals surface area contributed by atoms with E-state index in [1.807, 2.05) is 0 Å². The van der Waals surface area contributed by atoms with Crippen LogP contribution < -0.4 is 0 Å². The third-order valence-corrected chi connectivity index (χ3v) is 3.58. The fourth-order valence-corrected chi connectivity index (χ4v) is 2.66. The summed E-state index contributed by atoms with van der Waals surface area (Å²) >= 11 is 3.52. The zero-order valence-electron chi connectivity index (χ0n) is 6.05. The first-order valence-electron chi connectivity index (χ1n) is 4.05. The lowest BCUT2D eigenvalue weighted by Crippen LogP contribution is -2.03. The van der Waals surface area contributed by atoms with E-state index in [2.05, 4.69) is 15.9 Å². The standard InChI is InChI=1S/C8H13BrO/c9-4-7-3-8(7)6-1-2-10-5-6/h6-8H,1-5H2. The van der Waals surface area contributed by atoms with Gasteiger partial charge < -0.3 is 4.74 Å². The molecule has 2 rings (SSSR count). The Bertz CT molecular complexity index is 120. The second kappa shape index (κ2) is 2.82. The molecule has 1 saturated heterocycles. The second-order valence-electron chi connectivity index (χ2n) is 3.44. The fourth-order valence-electron chi connectivity index (χ4n) is 1.92. The van der Waals surface area contributed by atoms with Crippen molar-refractivity contribution in [2.75, 3.05) is 18.5 Å². The Morgan fingerprint density at radius 3 is 2.90 bits per heavy atom. The van der Waals surface area contributed by atoms with Crippen LogP contribution in [-0.2, 0) is 4.74 Å². The minimum Gasteiger partial charge on any atom is -0.381 e. The highest BCUT2D eigenvalue weighted by atomic mass is 79.9. The Morgan fingerprint density at radius 1 is 1.50 bits per heavy atom. The molecule has 10 heavy (non-hydrogen) atoms. The Balaban J connectivity index is 1.79. The Labute approximate surface area is 70.3 Å². The predicted octanol–water partition coefficient (Wildman–Crippen LogP) is 2.05. The van der Waals surface area contributed by atoms with Crippen LogP contribution in [0.2, 0.25) is 0 Å². The maximum absolute atomic E-state index is 5.34. The molecule has 2 heteroatoms. The lowest BCUT2D eigenvalue weighted by atomic mass is 10.0. The van der Waals surface area contributed by atoms with Crippen molar-refractivity contribution in [2.24, 2.45) is 17.8 Å². The summed E-state index contributed by atoms with van der Waals surface area (Å²) in [6, 6.07) is 0. The van der Waals surface area contributed by atoms with Crippen LogP contribution >= 0.6 is 15.9 Å². The first kappa shape index (κ1) is 7.11. The highest BCUT2D eigenvalue weighted by molar-refractivity contribution is 9.09. The monoisotopic (exact) mass is 204 g/mol. The minimum atomic E-state index is 0.905. The maximum atomic E-state index is 5.34. The van der Waals surface area contributed by atoms with Crippen molar-refractivity contribution in [1.82, 2.24) is 0 Å². The molecule has 0 aromatic rings. The van der Waals surface area contributed by atoms with Crippen LogP contribution in [0.15, 0.2) is 0 Å². The summed E-state index contributed by atoms with van der Waals surface area (Å²) < 4.78 is 5.34. The molecule has 2 fully saturated rings. The van der Waals surface area contributed by atoms with Crippen molar-refractivity contribution < 1.29 is 4.74 Å². The molecular weight excluding hydrogens is 192 g/mol. The molecule has 1 saturated carbocycles. The highest BCUT2D eigenvalue weighted by Gasteiger charge is 2.42. The van der Waals surface area contributed by atoms with Gasteiger partial charge in [0.25, 0.3) is 0 Å². The van der Waals surface area contributed by atoms with Crippen LogP contribution in [0.3, 0.4) is 0 Å². The lowest BCUT2D eigenvalue weighted by Gasteiger charge is -2.03. The van der Waals surface area contributed by atoms with Crippen LogP contribution in [0, 0.1) is 17.8 Å². The molecule has 0 N–H and O–H groups in total. The van der Waals surface area contributed by atoms with E-state index in [1.54, 1.807) is 0 Å². The molecule has 1 aliphatic heterocycles. The van der Waals surface area contributed by atoms with Gasteiger partial charge in [-0.25, -0.2) is 0 Å². The quantitative estimate of drug-likeness (QED) is 0.627. The van der Waals surface area contributed by atoms with Crippen molar-refractivity contribution in [2.45, 2.75) is 12.8 Å². The summed E-state index contributed by atoms with van der Waals surface area (Å²) in [5.41, 5.74) is 0. The SMILES string of the molecule is BrCC1CC1C1CCOC1. The summed E-state index contributed by atoms with van der Waals surface area (Å²) in [7, 11) is 0. The number of halogens is 1. The summed E-state index contributed by atoms with van der Waals surface area (Å²) in [6.07, 6.45) is 2.76. The number of hydrogen-bond acceptors (Lipinski definition) is 1. The molecule has 3 atom stereocenters. The van der Waals surface area contributed by atoms with Gasteiger partial charge in [-0.1, -0.05) is 15.9 Å². The number of rotatable bonds is 2. The van der Waals surface area contributed by atoms with E-state index < -0.39 is 0 Å². The third-order valence-electron chi connectivity index (χ3n) is 2.75. The van der Waals surface area contributed by atoms with Gasteiger partial charge in [-0.15, -0.1) is 0 Å². The smallest absolute Gasteiger partial charge is 0.0497 e. The normalized spacial score (nSPS) is 45.9. The van der Waals surface area contributed by atoms with E-state index in [-0.39, 0.29) is 0 Å². The Kier molecular flexibility index (Phi) is 2.01. The van der Waals surface area contributed by atoms with Gasteiger partial charge in [0.1, 0.15) is 0 Å². The van der Waals surface area contributed by atoms with Crippen molar-refractivity contribution >= 4 is 15.9 Å². The van der Waals surface area contributed by atoms with Gasteiger partial charge in [-0.3, -0.25) is 0 Å². The number of alkyl halides is 1. The summed E-state index contributed by atoms with van der Waals surface area (Å²) in [5, 5.41) is 1.20. The molecular formula is C8H13BrO. The van der Waals surface area contributed by atoms with E-state index >= 15 is 0 Å². The van der Waals surface area contributed by atoms with E-state index in [1.165, 1.54) is 18.2 Å². The van der Waals surface area contributed by atoms with Crippen LogP contribution in [-0.4, -0.2) is 18.5 Å². The predicted molar refractivity (Wildman–Crippen MR) is 44.3 cm³/mol. The zero-order chi connectivity index (χ0) is 6.97. The topological polar surface area (TPSA) is 9.23 Å². The van der Waals surface area contributed by atoms with Gasteiger partial charge in [0.05, 0.1) is 0 Å². The summed E-state index contributed by atoms with van der Waals surface area (Å²) in [5.74, 6) is 2.89. The maximum Gasteiger partial charge on any atom is 0.0497 e. The molecule has 0 amide bonds. The van der Waals surface area contributed by atoms with Gasteiger partial charge in [0.15, 0.2) is 0 Å². The zero-order valence-corrected chi connectivity index (χ0v) is 7.64.